The fourth-order valence-electron chi connectivity index (χ4n) is 3.96. The average molecular weight is 579 g/mol. The maximum absolute atomic E-state index is 13.2. The molecule has 10 heteroatoms. The second kappa shape index (κ2) is 11.8. The van der Waals surface area contributed by atoms with Crippen LogP contribution in [0, 0.1) is 6.92 Å². The Hall–Kier alpha value is -4.31. The molecule has 9 nitrogen and oxygen atoms in total. The fraction of sp³-hybridized carbons (Fsp3) is 0.179. The van der Waals surface area contributed by atoms with Gasteiger partial charge in [0.1, 0.15) is 5.69 Å². The van der Waals surface area contributed by atoms with Crippen LogP contribution in [0.5, 0.6) is 11.5 Å². The van der Waals surface area contributed by atoms with Crippen molar-refractivity contribution in [3.8, 4) is 11.5 Å². The number of methoxy groups -OCH3 is 2. The zero-order chi connectivity index (χ0) is 27.2. The first-order valence-corrected chi connectivity index (χ1v) is 12.6. The first-order chi connectivity index (χ1) is 18.3. The Bertz CT molecular complexity index is 1510. The number of aromatic nitrogens is 1. The number of aryl methyl sites for hydroxylation is 1. The highest BCUT2D eigenvalue weighted by molar-refractivity contribution is 9.10. The predicted molar refractivity (Wildman–Crippen MR) is 149 cm³/mol. The minimum atomic E-state index is -0.900. The summed E-state index contributed by atoms with van der Waals surface area (Å²) >= 11 is 3.43. The van der Waals surface area contributed by atoms with Crippen molar-refractivity contribution in [3.05, 3.63) is 88.0 Å². The summed E-state index contributed by atoms with van der Waals surface area (Å²) in [5.74, 6) is -0.970. The molecule has 0 aliphatic heterocycles. The van der Waals surface area contributed by atoms with Crippen LogP contribution >= 0.6 is 15.9 Å². The lowest BCUT2D eigenvalue weighted by atomic mass is 10.1. The van der Waals surface area contributed by atoms with Crippen LogP contribution in [0.3, 0.4) is 0 Å². The van der Waals surface area contributed by atoms with Crippen LogP contribution in [-0.4, -0.2) is 43.2 Å². The third-order valence-corrected chi connectivity index (χ3v) is 6.45. The molecule has 3 aromatic carbocycles. The highest BCUT2D eigenvalue weighted by Gasteiger charge is 2.21. The normalized spacial score (nSPS) is 10.6. The first kappa shape index (κ1) is 26.7. The van der Waals surface area contributed by atoms with Crippen LogP contribution in [0.1, 0.15) is 21.6 Å². The Morgan fingerprint density at radius 2 is 1.66 bits per heavy atom. The standard InChI is InChI=1S/C28H27BrN4O5/c1-17-6-4-5-7-21(17)31-26(34)23-16-19-15-20(29)9-10-22(19)33(23)32-28(36)27(35)30-13-12-18-8-11-24(37-2)25(14-18)38-3/h4-11,14-16H,12-13H2,1-3H3,(H,30,35)(H,31,34)(H,32,36). The van der Waals surface area contributed by atoms with Crippen molar-refractivity contribution in [3.63, 3.8) is 0 Å². The summed E-state index contributed by atoms with van der Waals surface area (Å²) in [6.45, 7) is 2.11. The average Bonchev–Trinajstić information content (AvgIpc) is 3.26. The van der Waals surface area contributed by atoms with E-state index in [1.807, 2.05) is 43.3 Å². The molecule has 0 bridgehead atoms. The zero-order valence-corrected chi connectivity index (χ0v) is 22.7. The molecule has 0 atom stereocenters. The SMILES string of the molecule is COc1ccc(CCNC(=O)C(=O)Nn2c(C(=O)Nc3ccccc3C)cc3cc(Br)ccc32)cc1OC. The van der Waals surface area contributed by atoms with E-state index in [1.54, 1.807) is 44.6 Å². The number of amides is 3. The van der Waals surface area contributed by atoms with Gasteiger partial charge in [0.25, 0.3) is 5.91 Å². The van der Waals surface area contributed by atoms with Gasteiger partial charge in [0.2, 0.25) is 0 Å². The molecule has 1 aromatic heterocycles. The van der Waals surface area contributed by atoms with Crippen LogP contribution in [0.4, 0.5) is 5.69 Å². The van der Waals surface area contributed by atoms with Crippen LogP contribution in [-0.2, 0) is 16.0 Å². The van der Waals surface area contributed by atoms with Gasteiger partial charge in [0.15, 0.2) is 11.5 Å². The largest absolute Gasteiger partial charge is 0.493 e. The van der Waals surface area contributed by atoms with Crippen LogP contribution in [0.2, 0.25) is 0 Å². The van der Waals surface area contributed by atoms with Crippen molar-refractivity contribution in [1.82, 2.24) is 9.99 Å². The second-order valence-electron chi connectivity index (χ2n) is 8.47. The number of para-hydroxylation sites is 1. The Labute approximate surface area is 228 Å². The minimum absolute atomic E-state index is 0.174. The van der Waals surface area contributed by atoms with E-state index in [0.29, 0.717) is 34.5 Å². The summed E-state index contributed by atoms with van der Waals surface area (Å²) in [6, 6.07) is 19.9. The van der Waals surface area contributed by atoms with Gasteiger partial charge in [-0.2, -0.15) is 0 Å². The molecule has 0 fully saturated rings. The molecule has 196 valence electrons. The molecule has 3 N–H and O–H groups in total. The maximum atomic E-state index is 13.2. The van der Waals surface area contributed by atoms with Crippen molar-refractivity contribution < 1.29 is 23.9 Å². The molecular formula is C28H27BrN4O5. The number of nitrogens with zero attached hydrogens (tertiary/aromatic N) is 1. The van der Waals surface area contributed by atoms with E-state index in [9.17, 15) is 14.4 Å². The van der Waals surface area contributed by atoms with Gasteiger partial charge in [-0.3, -0.25) is 19.8 Å². The summed E-state index contributed by atoms with van der Waals surface area (Å²) in [5.41, 5.74) is 5.75. The van der Waals surface area contributed by atoms with Gasteiger partial charge < -0.3 is 20.1 Å². The predicted octanol–water partition coefficient (Wildman–Crippen LogP) is 4.41. The zero-order valence-electron chi connectivity index (χ0n) is 21.1. The molecule has 38 heavy (non-hydrogen) atoms. The lowest BCUT2D eigenvalue weighted by Gasteiger charge is -2.14. The van der Waals surface area contributed by atoms with Gasteiger partial charge in [-0.15, -0.1) is 0 Å². The molecule has 0 saturated heterocycles. The quantitative estimate of drug-likeness (QED) is 0.268. The Morgan fingerprint density at radius 3 is 2.39 bits per heavy atom. The molecular weight excluding hydrogens is 552 g/mol. The molecule has 0 aliphatic carbocycles. The number of fused-ring (bicyclic) bond motifs is 1. The number of anilines is 1. The van der Waals surface area contributed by atoms with Gasteiger partial charge in [-0.05, 0) is 66.9 Å². The highest BCUT2D eigenvalue weighted by Crippen LogP contribution is 2.28. The monoisotopic (exact) mass is 578 g/mol. The Balaban J connectivity index is 1.48. The fourth-order valence-corrected chi connectivity index (χ4v) is 4.34. The molecule has 4 aromatic rings. The number of benzene rings is 3. The number of hydrogen-bond acceptors (Lipinski definition) is 5. The van der Waals surface area contributed by atoms with Crippen LogP contribution in [0.25, 0.3) is 10.9 Å². The lowest BCUT2D eigenvalue weighted by molar-refractivity contribution is -0.136. The third kappa shape index (κ3) is 5.97. The minimum Gasteiger partial charge on any atom is -0.493 e. The molecule has 0 saturated carbocycles. The van der Waals surface area contributed by atoms with E-state index in [0.717, 1.165) is 15.6 Å². The van der Waals surface area contributed by atoms with Crippen molar-refractivity contribution >= 4 is 50.2 Å². The first-order valence-electron chi connectivity index (χ1n) is 11.8. The molecule has 0 radical (unpaired) electrons. The summed E-state index contributed by atoms with van der Waals surface area (Å²) in [6.07, 6.45) is 0.476. The van der Waals surface area contributed by atoms with E-state index in [2.05, 4.69) is 32.0 Å². The Morgan fingerprint density at radius 1 is 0.895 bits per heavy atom. The summed E-state index contributed by atoms with van der Waals surface area (Å²) in [5, 5.41) is 6.20. The van der Waals surface area contributed by atoms with E-state index in [1.165, 1.54) is 4.68 Å². The van der Waals surface area contributed by atoms with E-state index >= 15 is 0 Å². The van der Waals surface area contributed by atoms with Gasteiger partial charge in [0, 0.05) is 22.1 Å². The maximum Gasteiger partial charge on any atom is 0.328 e. The van der Waals surface area contributed by atoms with Gasteiger partial charge in [0.05, 0.1) is 19.7 Å². The number of ether oxygens (including phenoxy) is 2. The van der Waals surface area contributed by atoms with Crippen molar-refractivity contribution in [2.24, 2.45) is 0 Å². The Kier molecular flexibility index (Phi) is 8.32. The van der Waals surface area contributed by atoms with Crippen molar-refractivity contribution in [2.45, 2.75) is 13.3 Å². The summed E-state index contributed by atoms with van der Waals surface area (Å²) in [4.78, 5) is 38.6. The molecule has 0 spiro atoms. The van der Waals surface area contributed by atoms with Crippen molar-refractivity contribution in [2.75, 3.05) is 31.5 Å². The number of carbonyl (C=O) groups excluding carboxylic acids is 3. The van der Waals surface area contributed by atoms with E-state index < -0.39 is 17.7 Å². The van der Waals surface area contributed by atoms with Gasteiger partial charge >= 0.3 is 11.8 Å². The van der Waals surface area contributed by atoms with E-state index in [-0.39, 0.29) is 12.2 Å². The molecule has 0 aliphatic rings. The third-order valence-electron chi connectivity index (χ3n) is 5.96. The van der Waals surface area contributed by atoms with Crippen molar-refractivity contribution in [1.29, 1.82) is 0 Å². The number of carbonyl (C=O) groups is 3. The van der Waals surface area contributed by atoms with Crippen LogP contribution in [0.15, 0.2) is 71.2 Å². The number of halogens is 1. The number of rotatable bonds is 8. The number of hydrogen-bond donors (Lipinski definition) is 3. The summed E-state index contributed by atoms with van der Waals surface area (Å²) < 4.78 is 12.7. The van der Waals surface area contributed by atoms with E-state index in [4.69, 9.17) is 9.47 Å². The molecule has 4 rings (SSSR count). The molecule has 0 unspecified atom stereocenters. The van der Waals surface area contributed by atoms with Gasteiger partial charge in [-0.1, -0.05) is 40.2 Å². The number of nitrogens with one attached hydrogen (secondary N) is 3. The highest BCUT2D eigenvalue weighted by atomic mass is 79.9. The van der Waals surface area contributed by atoms with Crippen LogP contribution < -0.4 is 25.5 Å². The summed E-state index contributed by atoms with van der Waals surface area (Å²) in [7, 11) is 3.10. The van der Waals surface area contributed by atoms with Gasteiger partial charge in [-0.25, -0.2) is 4.68 Å². The lowest BCUT2D eigenvalue weighted by Crippen LogP contribution is -2.40. The second-order valence-corrected chi connectivity index (χ2v) is 9.39. The molecule has 3 amide bonds. The molecule has 1 heterocycles. The topological polar surface area (TPSA) is 111 Å². The smallest absolute Gasteiger partial charge is 0.328 e.